The summed E-state index contributed by atoms with van der Waals surface area (Å²) in [5.74, 6) is -1.61. The van der Waals surface area contributed by atoms with Crippen LogP contribution >= 0.6 is 11.6 Å². The molecule has 2 aromatic carbocycles. The molecule has 1 heterocycles. The molecule has 0 amide bonds. The van der Waals surface area contributed by atoms with E-state index in [0.29, 0.717) is 33.3 Å². The summed E-state index contributed by atoms with van der Waals surface area (Å²) in [5.41, 5.74) is 2.07. The number of phenols is 1. The number of carboxylic acid groups (broad SMARTS) is 1. The summed E-state index contributed by atoms with van der Waals surface area (Å²) in [6.45, 7) is 1.64. The molecule has 0 aliphatic carbocycles. The minimum absolute atomic E-state index is 0.0609. The third kappa shape index (κ3) is 2.89. The van der Waals surface area contributed by atoms with E-state index in [4.69, 9.17) is 16.9 Å². The summed E-state index contributed by atoms with van der Waals surface area (Å²) in [7, 11) is 0. The first-order chi connectivity index (χ1) is 12.3. The molecule has 0 atom stereocenters. The Labute approximate surface area is 153 Å². The predicted molar refractivity (Wildman–Crippen MR) is 95.6 cm³/mol. The Morgan fingerprint density at radius 1 is 1.23 bits per heavy atom. The van der Waals surface area contributed by atoms with Crippen LogP contribution in [0.25, 0.3) is 10.9 Å². The van der Waals surface area contributed by atoms with Gasteiger partial charge in [-0.15, -0.1) is 0 Å². The highest BCUT2D eigenvalue weighted by Crippen LogP contribution is 2.34. The van der Waals surface area contributed by atoms with E-state index < -0.39 is 5.97 Å². The third-order valence-corrected chi connectivity index (χ3v) is 4.50. The van der Waals surface area contributed by atoms with E-state index in [2.05, 4.69) is 0 Å². The molecule has 0 saturated carbocycles. The van der Waals surface area contributed by atoms with E-state index in [9.17, 15) is 19.8 Å². The van der Waals surface area contributed by atoms with Crippen molar-refractivity contribution in [2.45, 2.75) is 13.3 Å². The topological polar surface area (TPSA) is 103 Å². The number of hydrogen-bond donors (Lipinski definition) is 2. The zero-order valence-corrected chi connectivity index (χ0v) is 14.4. The number of aromatic nitrogens is 1. The standard InChI is InChI=1S/C19H13ClN2O4/c1-10-13(7-18(24)25)14-6-17(23)15(20)8-16(14)22(10)19(26)12-4-2-11(9-21)3-5-12/h2-6,8,23H,7H2,1H3,(H,24,25). The third-order valence-electron chi connectivity index (χ3n) is 4.20. The number of aromatic hydroxyl groups is 1. The lowest BCUT2D eigenvalue weighted by Gasteiger charge is -2.08. The smallest absolute Gasteiger partial charge is 0.307 e. The van der Waals surface area contributed by atoms with Crippen LogP contribution in [-0.4, -0.2) is 26.7 Å². The quantitative estimate of drug-likeness (QED) is 0.736. The van der Waals surface area contributed by atoms with Gasteiger partial charge in [-0.05, 0) is 48.9 Å². The predicted octanol–water partition coefficient (Wildman–Crippen LogP) is 3.50. The monoisotopic (exact) mass is 368 g/mol. The molecule has 0 fully saturated rings. The number of nitrogens with zero attached hydrogens (tertiary/aromatic N) is 2. The Morgan fingerprint density at radius 2 is 1.88 bits per heavy atom. The molecule has 6 nitrogen and oxygen atoms in total. The molecule has 1 aromatic heterocycles. The number of carboxylic acids is 1. The number of nitriles is 1. The molecule has 0 aliphatic heterocycles. The SMILES string of the molecule is Cc1c(CC(=O)O)c2cc(O)c(Cl)cc2n1C(=O)c1ccc(C#N)cc1. The molecule has 130 valence electrons. The number of carbonyl (C=O) groups is 2. The van der Waals surface area contributed by atoms with Crippen molar-refractivity contribution >= 4 is 34.4 Å². The van der Waals surface area contributed by atoms with Gasteiger partial charge in [0.15, 0.2) is 0 Å². The highest BCUT2D eigenvalue weighted by atomic mass is 35.5. The zero-order valence-electron chi connectivity index (χ0n) is 13.7. The van der Waals surface area contributed by atoms with Gasteiger partial charge in [-0.25, -0.2) is 0 Å². The van der Waals surface area contributed by atoms with E-state index in [0.717, 1.165) is 0 Å². The van der Waals surface area contributed by atoms with Crippen LogP contribution in [0, 0.1) is 18.3 Å². The average molecular weight is 369 g/mol. The van der Waals surface area contributed by atoms with Crippen LogP contribution in [0.3, 0.4) is 0 Å². The van der Waals surface area contributed by atoms with Gasteiger partial charge >= 0.3 is 5.97 Å². The lowest BCUT2D eigenvalue weighted by atomic mass is 10.1. The second kappa shape index (κ2) is 6.54. The van der Waals surface area contributed by atoms with Crippen molar-refractivity contribution in [3.05, 3.63) is 63.8 Å². The minimum atomic E-state index is -1.05. The number of halogens is 1. The lowest BCUT2D eigenvalue weighted by Crippen LogP contribution is -2.14. The summed E-state index contributed by atoms with van der Waals surface area (Å²) in [6, 6.07) is 10.9. The van der Waals surface area contributed by atoms with Gasteiger partial charge < -0.3 is 10.2 Å². The maximum Gasteiger partial charge on any atom is 0.307 e. The summed E-state index contributed by atoms with van der Waals surface area (Å²) < 4.78 is 1.38. The van der Waals surface area contributed by atoms with Crippen molar-refractivity contribution in [2.75, 3.05) is 0 Å². The van der Waals surface area contributed by atoms with Crippen LogP contribution < -0.4 is 0 Å². The Bertz CT molecular complexity index is 1090. The second-order valence-electron chi connectivity index (χ2n) is 5.78. The fourth-order valence-corrected chi connectivity index (χ4v) is 3.10. The molecule has 2 N–H and O–H groups in total. The number of carbonyl (C=O) groups excluding carboxylic acids is 1. The number of fused-ring (bicyclic) bond motifs is 1. The molecule has 0 unspecified atom stereocenters. The second-order valence-corrected chi connectivity index (χ2v) is 6.19. The normalized spacial score (nSPS) is 10.7. The minimum Gasteiger partial charge on any atom is -0.506 e. The van der Waals surface area contributed by atoms with E-state index >= 15 is 0 Å². The van der Waals surface area contributed by atoms with E-state index in [1.54, 1.807) is 6.92 Å². The first-order valence-corrected chi connectivity index (χ1v) is 8.00. The van der Waals surface area contributed by atoms with Crippen molar-refractivity contribution in [3.8, 4) is 11.8 Å². The van der Waals surface area contributed by atoms with Gasteiger partial charge in [0.1, 0.15) is 5.75 Å². The van der Waals surface area contributed by atoms with Crippen LogP contribution in [0.2, 0.25) is 5.02 Å². The maximum absolute atomic E-state index is 13.0. The molecule has 0 saturated heterocycles. The number of hydrogen-bond acceptors (Lipinski definition) is 4. The Balaban J connectivity index is 2.25. The number of phenolic OH excluding ortho intramolecular Hbond substituents is 1. The van der Waals surface area contributed by atoms with Gasteiger partial charge in [0.25, 0.3) is 5.91 Å². The summed E-state index contributed by atoms with van der Waals surface area (Å²) in [4.78, 5) is 24.2. The van der Waals surface area contributed by atoms with Gasteiger partial charge in [0, 0.05) is 16.6 Å². The number of benzene rings is 2. The van der Waals surface area contributed by atoms with E-state index in [1.165, 1.54) is 41.0 Å². The van der Waals surface area contributed by atoms with Crippen molar-refractivity contribution in [2.24, 2.45) is 0 Å². The van der Waals surface area contributed by atoms with Gasteiger partial charge in [-0.1, -0.05) is 11.6 Å². The highest BCUT2D eigenvalue weighted by molar-refractivity contribution is 6.33. The molecule has 0 radical (unpaired) electrons. The van der Waals surface area contributed by atoms with Gasteiger partial charge in [0.05, 0.1) is 28.6 Å². The first-order valence-electron chi connectivity index (χ1n) is 7.62. The molecular weight excluding hydrogens is 356 g/mol. The molecule has 7 heteroatoms. The molecule has 0 bridgehead atoms. The lowest BCUT2D eigenvalue weighted by molar-refractivity contribution is -0.136. The Morgan fingerprint density at radius 3 is 2.46 bits per heavy atom. The molecular formula is C19H13ClN2O4. The van der Waals surface area contributed by atoms with E-state index in [1.807, 2.05) is 6.07 Å². The van der Waals surface area contributed by atoms with E-state index in [-0.39, 0.29) is 23.1 Å². The molecule has 3 rings (SSSR count). The van der Waals surface area contributed by atoms with Crippen LogP contribution in [0.15, 0.2) is 36.4 Å². The Kier molecular flexibility index (Phi) is 4.41. The maximum atomic E-state index is 13.0. The van der Waals surface area contributed by atoms with Crippen LogP contribution in [0.4, 0.5) is 0 Å². The summed E-state index contributed by atoms with van der Waals surface area (Å²) in [5, 5.41) is 28.5. The number of rotatable bonds is 3. The Hall–Kier alpha value is -3.30. The average Bonchev–Trinajstić information content (AvgIpc) is 2.86. The van der Waals surface area contributed by atoms with Crippen molar-refractivity contribution in [1.29, 1.82) is 5.26 Å². The van der Waals surface area contributed by atoms with Crippen LogP contribution in [0.5, 0.6) is 5.75 Å². The van der Waals surface area contributed by atoms with Gasteiger partial charge in [-0.3, -0.25) is 14.2 Å². The number of aliphatic carboxylic acids is 1. The van der Waals surface area contributed by atoms with Gasteiger partial charge in [0.2, 0.25) is 0 Å². The largest absolute Gasteiger partial charge is 0.506 e. The fourth-order valence-electron chi connectivity index (χ4n) is 2.94. The van der Waals surface area contributed by atoms with Crippen molar-refractivity contribution in [1.82, 2.24) is 4.57 Å². The van der Waals surface area contributed by atoms with Crippen LogP contribution in [-0.2, 0) is 11.2 Å². The fraction of sp³-hybridized carbons (Fsp3) is 0.105. The summed E-state index contributed by atoms with van der Waals surface area (Å²) >= 11 is 5.99. The van der Waals surface area contributed by atoms with Crippen molar-refractivity contribution in [3.63, 3.8) is 0 Å². The zero-order chi connectivity index (χ0) is 19.0. The van der Waals surface area contributed by atoms with Gasteiger partial charge in [-0.2, -0.15) is 5.26 Å². The molecule has 0 aliphatic rings. The molecule has 3 aromatic rings. The molecule has 0 spiro atoms. The van der Waals surface area contributed by atoms with Crippen molar-refractivity contribution < 1.29 is 19.8 Å². The highest BCUT2D eigenvalue weighted by Gasteiger charge is 2.22. The first kappa shape index (κ1) is 17.5. The summed E-state index contributed by atoms with van der Waals surface area (Å²) in [6.07, 6.45) is -0.295. The van der Waals surface area contributed by atoms with Crippen LogP contribution in [0.1, 0.15) is 27.2 Å². The molecule has 26 heavy (non-hydrogen) atoms.